The summed E-state index contributed by atoms with van der Waals surface area (Å²) in [6.07, 6.45) is 1.65. The third kappa shape index (κ3) is 1.36. The molecule has 4 nitrogen and oxygen atoms in total. The molecule has 3 N–H and O–H groups in total. The molecule has 5 heteroatoms. The number of nitrogens with two attached hydrogens (primary N) is 1. The lowest BCUT2D eigenvalue weighted by Crippen LogP contribution is -2.20. The molecule has 2 rings (SSSR count). The van der Waals surface area contributed by atoms with Crippen LogP contribution in [0.4, 0.5) is 0 Å². The van der Waals surface area contributed by atoms with Crippen molar-refractivity contribution in [3.8, 4) is 0 Å². The second-order valence-electron chi connectivity index (χ2n) is 2.90. The molecule has 0 amide bonds. The minimum absolute atomic E-state index is 0.615. The van der Waals surface area contributed by atoms with Crippen LogP contribution in [-0.2, 0) is 4.79 Å². The maximum atomic E-state index is 10.7. The fourth-order valence-electron chi connectivity index (χ4n) is 1.32. The Balaban J connectivity index is 2.61. The number of fused-ring (bicyclic) bond motifs is 1. The van der Waals surface area contributed by atoms with Crippen LogP contribution < -0.4 is 5.73 Å². The first-order valence-electron chi connectivity index (χ1n) is 4.02. The summed E-state index contributed by atoms with van der Waals surface area (Å²) in [6.45, 7) is 0. The van der Waals surface area contributed by atoms with Crippen LogP contribution in [0.5, 0.6) is 0 Å². The molecule has 0 aliphatic rings. The first kappa shape index (κ1) is 9.11. The minimum Gasteiger partial charge on any atom is -0.480 e. The summed E-state index contributed by atoms with van der Waals surface area (Å²) in [7, 11) is 0. The van der Waals surface area contributed by atoms with Gasteiger partial charge in [0.1, 0.15) is 6.04 Å². The van der Waals surface area contributed by atoms with Crippen molar-refractivity contribution in [3.05, 3.63) is 30.0 Å². The Hall–Kier alpha value is -1.46. The van der Waals surface area contributed by atoms with E-state index in [2.05, 4.69) is 4.37 Å². The number of rotatable bonds is 2. The highest BCUT2D eigenvalue weighted by Crippen LogP contribution is 2.25. The lowest BCUT2D eigenvalue weighted by atomic mass is 10.0. The predicted octanol–water partition coefficient (Wildman–Crippen LogP) is 1.38. The normalized spacial score (nSPS) is 12.9. The molecule has 1 unspecified atom stereocenters. The van der Waals surface area contributed by atoms with Crippen LogP contribution in [0.3, 0.4) is 0 Å². The van der Waals surface area contributed by atoms with Crippen LogP contribution in [0, 0.1) is 0 Å². The molecule has 0 radical (unpaired) electrons. The second-order valence-corrected chi connectivity index (χ2v) is 3.73. The quantitative estimate of drug-likeness (QED) is 0.781. The van der Waals surface area contributed by atoms with E-state index in [-0.39, 0.29) is 0 Å². The van der Waals surface area contributed by atoms with Crippen LogP contribution in [0.25, 0.3) is 10.1 Å². The minimum atomic E-state index is -1.02. The summed E-state index contributed by atoms with van der Waals surface area (Å²) < 4.78 is 4.95. The summed E-state index contributed by atoms with van der Waals surface area (Å²) in [5.74, 6) is -1.02. The molecule has 14 heavy (non-hydrogen) atoms. The number of aromatic nitrogens is 1. The van der Waals surface area contributed by atoms with Crippen LogP contribution in [0.1, 0.15) is 11.6 Å². The largest absolute Gasteiger partial charge is 0.480 e. The average Bonchev–Trinajstić information content (AvgIpc) is 2.63. The molecular weight excluding hydrogens is 200 g/mol. The van der Waals surface area contributed by atoms with E-state index in [4.69, 9.17) is 10.8 Å². The van der Waals surface area contributed by atoms with Crippen LogP contribution in [0.2, 0.25) is 0 Å². The molecule has 0 spiro atoms. The topological polar surface area (TPSA) is 76.2 Å². The zero-order chi connectivity index (χ0) is 10.1. The van der Waals surface area contributed by atoms with Gasteiger partial charge in [-0.2, -0.15) is 4.37 Å². The lowest BCUT2D eigenvalue weighted by molar-refractivity contribution is -0.138. The van der Waals surface area contributed by atoms with E-state index >= 15 is 0 Å². The molecule has 0 aliphatic carbocycles. The average molecular weight is 208 g/mol. The van der Waals surface area contributed by atoms with Crippen LogP contribution >= 0.6 is 11.5 Å². The van der Waals surface area contributed by atoms with E-state index in [1.54, 1.807) is 18.3 Å². The molecule has 0 bridgehead atoms. The molecule has 0 aliphatic heterocycles. The van der Waals surface area contributed by atoms with Crippen molar-refractivity contribution < 1.29 is 9.90 Å². The standard InChI is InChI=1S/C9H8N2O2S/c10-8(9(12)13)5-2-1-3-7-6(5)4-11-14-7/h1-4,8H,10H2,(H,12,13). The van der Waals surface area contributed by atoms with Gasteiger partial charge in [0.15, 0.2) is 0 Å². The Morgan fingerprint density at radius 2 is 2.36 bits per heavy atom. The van der Waals surface area contributed by atoms with Gasteiger partial charge in [-0.3, -0.25) is 4.79 Å². The zero-order valence-corrected chi connectivity index (χ0v) is 7.99. The third-order valence-corrected chi connectivity index (χ3v) is 2.80. The van der Waals surface area contributed by atoms with Gasteiger partial charge in [0.05, 0.1) is 4.70 Å². The molecular formula is C9H8N2O2S. The number of nitrogens with zero attached hydrogens (tertiary/aromatic N) is 1. The van der Waals surface area contributed by atoms with Gasteiger partial charge in [-0.15, -0.1) is 0 Å². The van der Waals surface area contributed by atoms with Crippen molar-refractivity contribution >= 4 is 27.6 Å². The molecule has 1 heterocycles. The van der Waals surface area contributed by atoms with E-state index in [1.165, 1.54) is 11.5 Å². The van der Waals surface area contributed by atoms with Crippen LogP contribution in [-0.4, -0.2) is 15.4 Å². The number of hydrogen-bond acceptors (Lipinski definition) is 4. The van der Waals surface area contributed by atoms with Gasteiger partial charge in [0.25, 0.3) is 0 Å². The van der Waals surface area contributed by atoms with Gasteiger partial charge in [0, 0.05) is 11.6 Å². The van der Waals surface area contributed by atoms with Gasteiger partial charge >= 0.3 is 5.97 Å². The molecule has 1 aromatic carbocycles. The van der Waals surface area contributed by atoms with E-state index in [0.717, 1.165) is 10.1 Å². The van der Waals surface area contributed by atoms with E-state index in [0.29, 0.717) is 5.56 Å². The van der Waals surface area contributed by atoms with Gasteiger partial charge in [-0.25, -0.2) is 0 Å². The fraction of sp³-hybridized carbons (Fsp3) is 0.111. The highest BCUT2D eigenvalue weighted by Gasteiger charge is 2.17. The van der Waals surface area contributed by atoms with Crippen molar-refractivity contribution in [1.82, 2.24) is 4.37 Å². The van der Waals surface area contributed by atoms with E-state index in [9.17, 15) is 4.79 Å². The summed E-state index contributed by atoms with van der Waals surface area (Å²) in [5.41, 5.74) is 6.15. The monoisotopic (exact) mass is 208 g/mol. The van der Waals surface area contributed by atoms with E-state index < -0.39 is 12.0 Å². The Kier molecular flexibility index (Phi) is 2.18. The smallest absolute Gasteiger partial charge is 0.325 e. The van der Waals surface area contributed by atoms with Crippen molar-refractivity contribution in [3.63, 3.8) is 0 Å². The number of hydrogen-bond donors (Lipinski definition) is 2. The van der Waals surface area contributed by atoms with Crippen molar-refractivity contribution in [1.29, 1.82) is 0 Å². The van der Waals surface area contributed by atoms with E-state index in [1.807, 2.05) is 6.07 Å². The molecule has 1 atom stereocenters. The number of aliphatic carboxylic acids is 1. The predicted molar refractivity (Wildman–Crippen MR) is 54.2 cm³/mol. The highest BCUT2D eigenvalue weighted by molar-refractivity contribution is 7.13. The Labute approximate surface area is 84.1 Å². The van der Waals surface area contributed by atoms with Gasteiger partial charge in [0.2, 0.25) is 0 Å². The molecule has 0 saturated carbocycles. The summed E-state index contributed by atoms with van der Waals surface area (Å²) in [6, 6.07) is 4.43. The molecule has 1 aromatic heterocycles. The van der Waals surface area contributed by atoms with Crippen LogP contribution in [0.15, 0.2) is 24.4 Å². The number of carboxylic acids is 1. The zero-order valence-electron chi connectivity index (χ0n) is 7.18. The number of carboxylic acid groups (broad SMARTS) is 1. The third-order valence-electron chi connectivity index (χ3n) is 2.03. The first-order chi connectivity index (χ1) is 6.70. The molecule has 72 valence electrons. The highest BCUT2D eigenvalue weighted by atomic mass is 32.1. The first-order valence-corrected chi connectivity index (χ1v) is 4.79. The summed E-state index contributed by atoms with van der Waals surface area (Å²) in [5, 5.41) is 9.62. The summed E-state index contributed by atoms with van der Waals surface area (Å²) in [4.78, 5) is 10.7. The molecule has 2 aromatic rings. The van der Waals surface area contributed by atoms with Gasteiger partial charge in [-0.05, 0) is 23.2 Å². The second kappa shape index (κ2) is 3.36. The SMILES string of the molecule is NC(C(=O)O)c1cccc2sncc12. The Morgan fingerprint density at radius 3 is 3.07 bits per heavy atom. The van der Waals surface area contributed by atoms with Gasteiger partial charge in [-0.1, -0.05) is 12.1 Å². The Bertz CT molecular complexity index is 480. The van der Waals surface area contributed by atoms with Gasteiger partial charge < -0.3 is 10.8 Å². The maximum absolute atomic E-state index is 10.7. The van der Waals surface area contributed by atoms with Crippen molar-refractivity contribution in [2.24, 2.45) is 5.73 Å². The number of benzene rings is 1. The molecule has 0 fully saturated rings. The maximum Gasteiger partial charge on any atom is 0.325 e. The molecule has 0 saturated heterocycles. The van der Waals surface area contributed by atoms with Crippen molar-refractivity contribution in [2.45, 2.75) is 6.04 Å². The summed E-state index contributed by atoms with van der Waals surface area (Å²) >= 11 is 1.33. The Morgan fingerprint density at radius 1 is 1.57 bits per heavy atom. The lowest BCUT2D eigenvalue weighted by Gasteiger charge is -2.06. The number of carbonyl (C=O) groups is 1. The van der Waals surface area contributed by atoms with Crippen molar-refractivity contribution in [2.75, 3.05) is 0 Å². The fourth-order valence-corrected chi connectivity index (χ4v) is 2.00.